The van der Waals surface area contributed by atoms with Crippen LogP contribution in [0.1, 0.15) is 30.0 Å². The predicted octanol–water partition coefficient (Wildman–Crippen LogP) is 3.24. The molecule has 2 N–H and O–H groups in total. The molecule has 0 saturated heterocycles. The van der Waals surface area contributed by atoms with Crippen molar-refractivity contribution in [3.63, 3.8) is 0 Å². The molecular weight excluding hydrogens is 334 g/mol. The number of hydrogen-bond acceptors (Lipinski definition) is 3. The average molecular weight is 350 g/mol. The van der Waals surface area contributed by atoms with Gasteiger partial charge < -0.3 is 10.1 Å². The molecule has 110 valence electrons. The smallest absolute Gasteiger partial charge is 0.229 e. The first-order valence-electron chi connectivity index (χ1n) is 6.83. The number of aromatic nitrogens is 2. The van der Waals surface area contributed by atoms with E-state index in [0.717, 1.165) is 21.5 Å². The van der Waals surface area contributed by atoms with Crippen LogP contribution >= 0.6 is 15.9 Å². The molecule has 1 heterocycles. The Morgan fingerprint density at radius 1 is 1.48 bits per heavy atom. The van der Waals surface area contributed by atoms with Gasteiger partial charge >= 0.3 is 0 Å². The Labute approximate surface area is 131 Å². The Bertz CT molecular complexity index is 665. The van der Waals surface area contributed by atoms with Crippen LogP contribution in [0.4, 0.5) is 5.82 Å². The van der Waals surface area contributed by atoms with Gasteiger partial charge in [-0.2, -0.15) is 5.10 Å². The summed E-state index contributed by atoms with van der Waals surface area (Å²) in [6.07, 6.45) is 2.71. The Kier molecular flexibility index (Phi) is 3.96. The number of ether oxygens (including phenoxy) is 1. The first-order chi connectivity index (χ1) is 10.2. The Morgan fingerprint density at radius 3 is 2.95 bits per heavy atom. The van der Waals surface area contributed by atoms with Crippen LogP contribution in [0, 0.1) is 0 Å². The van der Waals surface area contributed by atoms with E-state index in [1.807, 2.05) is 24.3 Å². The molecule has 0 bridgehead atoms. The first-order valence-corrected chi connectivity index (χ1v) is 7.62. The summed E-state index contributed by atoms with van der Waals surface area (Å²) in [5, 5.41) is 9.90. The van der Waals surface area contributed by atoms with Gasteiger partial charge in [0.15, 0.2) is 5.82 Å². The van der Waals surface area contributed by atoms with Crippen molar-refractivity contribution in [3.8, 4) is 5.75 Å². The van der Waals surface area contributed by atoms with Crippen LogP contribution in [-0.4, -0.2) is 23.2 Å². The number of carbonyl (C=O) groups is 1. The van der Waals surface area contributed by atoms with Gasteiger partial charge in [-0.05, 0) is 46.5 Å². The monoisotopic (exact) mass is 349 g/mol. The minimum atomic E-state index is -0.0825. The van der Waals surface area contributed by atoms with Gasteiger partial charge in [-0.1, -0.05) is 6.07 Å². The van der Waals surface area contributed by atoms with Gasteiger partial charge in [0.25, 0.3) is 0 Å². The van der Waals surface area contributed by atoms with E-state index in [9.17, 15) is 4.79 Å². The van der Waals surface area contributed by atoms with E-state index in [1.165, 1.54) is 12.8 Å². The topological polar surface area (TPSA) is 67.0 Å². The van der Waals surface area contributed by atoms with Crippen LogP contribution in [0.3, 0.4) is 0 Å². The number of nitrogens with one attached hydrogen (secondary N) is 2. The molecule has 0 aliphatic heterocycles. The summed E-state index contributed by atoms with van der Waals surface area (Å²) >= 11 is 3.42. The number of rotatable bonds is 5. The molecule has 21 heavy (non-hydrogen) atoms. The number of anilines is 1. The molecule has 1 fully saturated rings. The van der Waals surface area contributed by atoms with Gasteiger partial charge in [-0.25, -0.2) is 0 Å². The maximum absolute atomic E-state index is 12.0. The fourth-order valence-corrected chi connectivity index (χ4v) is 2.78. The molecule has 5 nitrogen and oxygen atoms in total. The molecule has 0 unspecified atom stereocenters. The fraction of sp³-hybridized carbons (Fsp3) is 0.333. The third-order valence-corrected chi connectivity index (χ3v) is 4.08. The van der Waals surface area contributed by atoms with E-state index in [0.29, 0.717) is 18.2 Å². The standard InChI is InChI=1S/C15H16BrN3O2/c1-21-13-5-2-9(6-11(13)16)7-15(20)17-14-8-12(18-19-14)10-3-4-10/h2,5-6,8,10H,3-4,7H2,1H3,(H2,17,18,19,20). The summed E-state index contributed by atoms with van der Waals surface area (Å²) in [5.41, 5.74) is 2.02. The van der Waals surface area contributed by atoms with Gasteiger partial charge in [0.1, 0.15) is 5.75 Å². The largest absolute Gasteiger partial charge is 0.496 e. The summed E-state index contributed by atoms with van der Waals surface area (Å²) in [7, 11) is 1.61. The zero-order chi connectivity index (χ0) is 14.8. The maximum Gasteiger partial charge on any atom is 0.229 e. The Balaban J connectivity index is 1.61. The molecule has 1 amide bonds. The zero-order valence-corrected chi connectivity index (χ0v) is 13.2. The minimum absolute atomic E-state index is 0.0825. The molecule has 0 radical (unpaired) electrons. The van der Waals surface area contributed by atoms with Gasteiger partial charge in [-0.15, -0.1) is 0 Å². The van der Waals surface area contributed by atoms with E-state index < -0.39 is 0 Å². The molecule has 6 heteroatoms. The lowest BCUT2D eigenvalue weighted by Crippen LogP contribution is -2.14. The van der Waals surface area contributed by atoms with Crippen molar-refractivity contribution in [2.24, 2.45) is 0 Å². The lowest BCUT2D eigenvalue weighted by molar-refractivity contribution is -0.115. The molecule has 0 atom stereocenters. The highest BCUT2D eigenvalue weighted by Crippen LogP contribution is 2.39. The van der Waals surface area contributed by atoms with Crippen LogP contribution < -0.4 is 10.1 Å². The molecular formula is C15H16BrN3O2. The van der Waals surface area contributed by atoms with Crippen LogP contribution in [0.5, 0.6) is 5.75 Å². The van der Waals surface area contributed by atoms with Gasteiger partial charge in [-0.3, -0.25) is 9.89 Å². The summed E-state index contributed by atoms with van der Waals surface area (Å²) in [4.78, 5) is 12.0. The number of aromatic amines is 1. The second-order valence-electron chi connectivity index (χ2n) is 5.18. The van der Waals surface area contributed by atoms with Crippen LogP contribution in [-0.2, 0) is 11.2 Å². The quantitative estimate of drug-likeness (QED) is 0.870. The number of carbonyl (C=O) groups excluding carboxylic acids is 1. The van der Waals surface area contributed by atoms with Crippen LogP contribution in [0.25, 0.3) is 0 Å². The first kappa shape index (κ1) is 14.1. The van der Waals surface area contributed by atoms with Gasteiger partial charge in [0.2, 0.25) is 5.91 Å². The normalized spacial score (nSPS) is 14.0. The Morgan fingerprint density at radius 2 is 2.29 bits per heavy atom. The summed E-state index contributed by atoms with van der Waals surface area (Å²) in [5.74, 6) is 1.86. The minimum Gasteiger partial charge on any atom is -0.496 e. The summed E-state index contributed by atoms with van der Waals surface area (Å²) < 4.78 is 6.01. The van der Waals surface area contributed by atoms with Crippen molar-refractivity contribution in [2.45, 2.75) is 25.2 Å². The van der Waals surface area contributed by atoms with Crippen molar-refractivity contribution in [1.29, 1.82) is 0 Å². The lowest BCUT2D eigenvalue weighted by Gasteiger charge is -2.06. The van der Waals surface area contributed by atoms with E-state index >= 15 is 0 Å². The number of nitrogens with zero attached hydrogens (tertiary/aromatic N) is 1. The molecule has 1 aromatic heterocycles. The highest BCUT2D eigenvalue weighted by molar-refractivity contribution is 9.10. The summed E-state index contributed by atoms with van der Waals surface area (Å²) in [6, 6.07) is 7.52. The van der Waals surface area contributed by atoms with Crippen LogP contribution in [0.2, 0.25) is 0 Å². The molecule has 1 aliphatic rings. The van der Waals surface area contributed by atoms with Crippen molar-refractivity contribution in [2.75, 3.05) is 12.4 Å². The van der Waals surface area contributed by atoms with Crippen molar-refractivity contribution in [3.05, 3.63) is 40.0 Å². The number of amides is 1. The maximum atomic E-state index is 12.0. The zero-order valence-electron chi connectivity index (χ0n) is 11.6. The van der Waals surface area contributed by atoms with E-state index in [-0.39, 0.29) is 5.91 Å². The third kappa shape index (κ3) is 3.44. The van der Waals surface area contributed by atoms with Crippen molar-refractivity contribution < 1.29 is 9.53 Å². The predicted molar refractivity (Wildman–Crippen MR) is 83.6 cm³/mol. The number of methoxy groups -OCH3 is 1. The molecule has 1 aliphatic carbocycles. The lowest BCUT2D eigenvalue weighted by atomic mass is 10.1. The fourth-order valence-electron chi connectivity index (χ4n) is 2.20. The number of halogens is 1. The van der Waals surface area contributed by atoms with Crippen LogP contribution in [0.15, 0.2) is 28.7 Å². The molecule has 1 saturated carbocycles. The molecule has 0 spiro atoms. The number of hydrogen-bond donors (Lipinski definition) is 2. The van der Waals surface area contributed by atoms with Crippen molar-refractivity contribution >= 4 is 27.7 Å². The van der Waals surface area contributed by atoms with Crippen molar-refractivity contribution in [1.82, 2.24) is 10.2 Å². The van der Waals surface area contributed by atoms with Gasteiger partial charge in [0, 0.05) is 17.7 Å². The second kappa shape index (κ2) is 5.89. The highest BCUT2D eigenvalue weighted by atomic mass is 79.9. The SMILES string of the molecule is COc1ccc(CC(=O)Nc2cc(C3CC3)[nH]n2)cc1Br. The van der Waals surface area contributed by atoms with Gasteiger partial charge in [0.05, 0.1) is 18.0 Å². The second-order valence-corrected chi connectivity index (χ2v) is 6.03. The Hall–Kier alpha value is -1.82. The molecule has 1 aromatic carbocycles. The highest BCUT2D eigenvalue weighted by Gasteiger charge is 2.25. The number of benzene rings is 1. The van der Waals surface area contributed by atoms with E-state index in [2.05, 4.69) is 31.4 Å². The molecule has 2 aromatic rings. The van der Waals surface area contributed by atoms with E-state index in [1.54, 1.807) is 7.11 Å². The average Bonchev–Trinajstić information content (AvgIpc) is 3.20. The van der Waals surface area contributed by atoms with E-state index in [4.69, 9.17) is 4.74 Å². The third-order valence-electron chi connectivity index (χ3n) is 3.46. The molecule has 3 rings (SSSR count). The summed E-state index contributed by atoms with van der Waals surface area (Å²) in [6.45, 7) is 0. The number of H-pyrrole nitrogens is 1.